The molecule has 0 unspecified atom stereocenters. The summed E-state index contributed by atoms with van der Waals surface area (Å²) in [4.78, 5) is 11.0. The maximum absolute atomic E-state index is 11.0. The van der Waals surface area contributed by atoms with Crippen molar-refractivity contribution in [3.05, 3.63) is 11.6 Å². The van der Waals surface area contributed by atoms with Gasteiger partial charge in [0.15, 0.2) is 0 Å². The van der Waals surface area contributed by atoms with Gasteiger partial charge in [0.25, 0.3) is 0 Å². The summed E-state index contributed by atoms with van der Waals surface area (Å²) in [6.07, 6.45) is 2.83. The van der Waals surface area contributed by atoms with Gasteiger partial charge in [-0.25, -0.2) is 0 Å². The molecule has 1 rings (SSSR count). The fourth-order valence-electron chi connectivity index (χ4n) is 1.19. The van der Waals surface area contributed by atoms with Crippen LogP contribution in [0.5, 0.6) is 0 Å². The van der Waals surface area contributed by atoms with Crippen molar-refractivity contribution in [3.8, 4) is 0 Å². The lowest BCUT2D eigenvalue weighted by atomic mass is 10.1. The third kappa shape index (κ3) is 2.50. The molecule has 70 valence electrons. The molecule has 1 aliphatic heterocycles. The van der Waals surface area contributed by atoms with Crippen LogP contribution in [0.1, 0.15) is 13.3 Å². The third-order valence-electron chi connectivity index (χ3n) is 1.94. The molecule has 1 heterocycles. The number of halogens is 1. The van der Waals surface area contributed by atoms with Crippen molar-refractivity contribution < 1.29 is 9.53 Å². The Bertz CT molecular complexity index is 191. The number of rotatable bonds is 1. The molecule has 1 atom stereocenters. The number of allylic oxidation sites excluding steroid dienone is 1. The standard InChI is InChI=1S/C8H13NO2.ClH/c1-3-6-4-7(9-5-6)8(10)11-2;/h3,7,9H,4-5H2,1-2H3;1H/b6-3+;/t7-;/m0./s1. The Balaban J connectivity index is 0.00000121. The van der Waals surface area contributed by atoms with E-state index in [1.165, 1.54) is 12.7 Å². The summed E-state index contributed by atoms with van der Waals surface area (Å²) >= 11 is 0. The minimum atomic E-state index is -0.165. The molecule has 1 aliphatic rings. The number of carbonyl (C=O) groups is 1. The van der Waals surface area contributed by atoms with Gasteiger partial charge in [0.05, 0.1) is 7.11 Å². The fraction of sp³-hybridized carbons (Fsp3) is 0.625. The van der Waals surface area contributed by atoms with Crippen molar-refractivity contribution >= 4 is 18.4 Å². The molecule has 1 N–H and O–H groups in total. The van der Waals surface area contributed by atoms with Crippen LogP contribution in [0.3, 0.4) is 0 Å². The van der Waals surface area contributed by atoms with Gasteiger partial charge < -0.3 is 10.1 Å². The molecule has 0 aromatic carbocycles. The SMILES string of the molecule is C/C=C1/CN[C@H](C(=O)OC)C1.Cl. The van der Waals surface area contributed by atoms with Crippen molar-refractivity contribution in [2.24, 2.45) is 0 Å². The third-order valence-corrected chi connectivity index (χ3v) is 1.94. The van der Waals surface area contributed by atoms with Crippen LogP contribution in [0.4, 0.5) is 0 Å². The summed E-state index contributed by atoms with van der Waals surface area (Å²) in [5.74, 6) is -0.165. The molecular formula is C8H14ClNO2. The number of nitrogens with one attached hydrogen (secondary N) is 1. The minimum absolute atomic E-state index is 0. The normalized spacial score (nSPS) is 25.2. The van der Waals surface area contributed by atoms with E-state index in [-0.39, 0.29) is 24.4 Å². The van der Waals surface area contributed by atoms with E-state index in [0.29, 0.717) is 0 Å². The lowest BCUT2D eigenvalue weighted by molar-refractivity contribution is -0.142. The van der Waals surface area contributed by atoms with E-state index in [2.05, 4.69) is 10.1 Å². The second kappa shape index (κ2) is 5.17. The summed E-state index contributed by atoms with van der Waals surface area (Å²) < 4.78 is 4.60. The van der Waals surface area contributed by atoms with Crippen LogP contribution in [0.15, 0.2) is 11.6 Å². The highest BCUT2D eigenvalue weighted by Crippen LogP contribution is 2.12. The molecule has 0 bridgehead atoms. The molecular weight excluding hydrogens is 178 g/mol. The smallest absolute Gasteiger partial charge is 0.323 e. The summed E-state index contributed by atoms with van der Waals surface area (Å²) in [6, 6.07) is -0.119. The van der Waals surface area contributed by atoms with E-state index in [9.17, 15) is 4.79 Å². The highest BCUT2D eigenvalue weighted by Gasteiger charge is 2.24. The van der Waals surface area contributed by atoms with Crippen LogP contribution in [0.25, 0.3) is 0 Å². The summed E-state index contributed by atoms with van der Waals surface area (Å²) in [6.45, 7) is 2.80. The van der Waals surface area contributed by atoms with E-state index in [0.717, 1.165) is 13.0 Å². The van der Waals surface area contributed by atoms with E-state index in [1.807, 2.05) is 13.0 Å². The Morgan fingerprint density at radius 1 is 1.75 bits per heavy atom. The van der Waals surface area contributed by atoms with Gasteiger partial charge in [-0.2, -0.15) is 0 Å². The summed E-state index contributed by atoms with van der Waals surface area (Å²) in [5, 5.41) is 3.07. The Labute approximate surface area is 78.6 Å². The van der Waals surface area contributed by atoms with Crippen molar-refractivity contribution in [2.45, 2.75) is 19.4 Å². The monoisotopic (exact) mass is 191 g/mol. The van der Waals surface area contributed by atoms with Crippen molar-refractivity contribution in [1.82, 2.24) is 5.32 Å². The van der Waals surface area contributed by atoms with Gasteiger partial charge in [0, 0.05) is 6.54 Å². The molecule has 12 heavy (non-hydrogen) atoms. The molecule has 4 heteroatoms. The Morgan fingerprint density at radius 2 is 2.42 bits per heavy atom. The van der Waals surface area contributed by atoms with Crippen LogP contribution in [0.2, 0.25) is 0 Å². The maximum Gasteiger partial charge on any atom is 0.323 e. The molecule has 0 aromatic rings. The Kier molecular flexibility index (Phi) is 4.93. The lowest BCUT2D eigenvalue weighted by Crippen LogP contribution is -2.31. The predicted molar refractivity (Wildman–Crippen MR) is 49.4 cm³/mol. The molecule has 1 saturated heterocycles. The number of hydrogen-bond donors (Lipinski definition) is 1. The van der Waals surface area contributed by atoms with Crippen molar-refractivity contribution in [2.75, 3.05) is 13.7 Å². The molecule has 0 aromatic heterocycles. The Hall–Kier alpha value is -0.540. The molecule has 0 saturated carbocycles. The second-order valence-electron chi connectivity index (χ2n) is 2.61. The van der Waals surface area contributed by atoms with Gasteiger partial charge in [-0.1, -0.05) is 11.6 Å². The van der Waals surface area contributed by atoms with Gasteiger partial charge in [0.1, 0.15) is 6.04 Å². The first-order valence-electron chi connectivity index (χ1n) is 3.73. The van der Waals surface area contributed by atoms with E-state index in [1.54, 1.807) is 0 Å². The predicted octanol–water partition coefficient (Wildman–Crippen LogP) is 0.889. The number of hydrogen-bond acceptors (Lipinski definition) is 3. The first-order chi connectivity index (χ1) is 5.27. The molecule has 0 aliphatic carbocycles. The van der Waals surface area contributed by atoms with E-state index >= 15 is 0 Å². The number of esters is 1. The zero-order chi connectivity index (χ0) is 8.27. The van der Waals surface area contributed by atoms with Gasteiger partial charge in [-0.05, 0) is 13.3 Å². The summed E-state index contributed by atoms with van der Waals surface area (Å²) in [5.41, 5.74) is 1.28. The minimum Gasteiger partial charge on any atom is -0.468 e. The molecule has 0 amide bonds. The van der Waals surface area contributed by atoms with Crippen molar-refractivity contribution in [3.63, 3.8) is 0 Å². The van der Waals surface area contributed by atoms with Gasteiger partial charge in [-0.3, -0.25) is 4.79 Å². The van der Waals surface area contributed by atoms with Gasteiger partial charge in [-0.15, -0.1) is 12.4 Å². The molecule has 1 fully saturated rings. The van der Waals surface area contributed by atoms with E-state index < -0.39 is 0 Å². The zero-order valence-electron chi connectivity index (χ0n) is 7.29. The average Bonchev–Trinajstić information content (AvgIpc) is 2.50. The van der Waals surface area contributed by atoms with Gasteiger partial charge >= 0.3 is 5.97 Å². The van der Waals surface area contributed by atoms with Crippen LogP contribution in [-0.2, 0) is 9.53 Å². The number of ether oxygens (including phenoxy) is 1. The topological polar surface area (TPSA) is 38.3 Å². The van der Waals surface area contributed by atoms with Crippen molar-refractivity contribution in [1.29, 1.82) is 0 Å². The quantitative estimate of drug-likeness (QED) is 0.494. The second-order valence-corrected chi connectivity index (χ2v) is 2.61. The van der Waals surface area contributed by atoms with Gasteiger partial charge in [0.2, 0.25) is 0 Å². The number of carbonyl (C=O) groups excluding carboxylic acids is 1. The van der Waals surface area contributed by atoms with Crippen LogP contribution >= 0.6 is 12.4 Å². The average molecular weight is 192 g/mol. The lowest BCUT2D eigenvalue weighted by Gasteiger charge is -2.04. The zero-order valence-corrected chi connectivity index (χ0v) is 8.11. The Morgan fingerprint density at radius 3 is 2.83 bits per heavy atom. The molecule has 0 spiro atoms. The first-order valence-corrected chi connectivity index (χ1v) is 3.73. The fourth-order valence-corrected chi connectivity index (χ4v) is 1.19. The largest absolute Gasteiger partial charge is 0.468 e. The highest BCUT2D eigenvalue weighted by molar-refractivity contribution is 5.85. The number of methoxy groups -OCH3 is 1. The van der Waals surface area contributed by atoms with Crippen LogP contribution in [0, 0.1) is 0 Å². The maximum atomic E-state index is 11.0. The van der Waals surface area contributed by atoms with E-state index in [4.69, 9.17) is 0 Å². The summed E-state index contributed by atoms with van der Waals surface area (Å²) in [7, 11) is 1.41. The van der Waals surface area contributed by atoms with Crippen LogP contribution in [-0.4, -0.2) is 25.7 Å². The molecule has 0 radical (unpaired) electrons. The van der Waals surface area contributed by atoms with Crippen LogP contribution < -0.4 is 5.32 Å². The highest BCUT2D eigenvalue weighted by atomic mass is 35.5. The molecule has 3 nitrogen and oxygen atoms in total. The first kappa shape index (κ1) is 11.5.